The van der Waals surface area contributed by atoms with Crippen molar-refractivity contribution in [3.8, 4) is 10.9 Å². The van der Waals surface area contributed by atoms with Gasteiger partial charge in [-0.15, -0.1) is 5.10 Å². The first-order chi connectivity index (χ1) is 7.78. The van der Waals surface area contributed by atoms with Crippen LogP contribution in [0.3, 0.4) is 0 Å². The second-order valence-corrected chi connectivity index (χ2v) is 4.44. The number of nitrogens with zero attached hydrogens (tertiary/aromatic N) is 2. The maximum absolute atomic E-state index is 5.60. The van der Waals surface area contributed by atoms with Gasteiger partial charge in [-0.1, -0.05) is 28.6 Å². The first kappa shape index (κ1) is 11.0. The lowest BCUT2D eigenvalue weighted by Gasteiger charge is -2.00. The van der Waals surface area contributed by atoms with Crippen molar-refractivity contribution in [2.75, 3.05) is 7.05 Å². The molecular formula is C11H13N3OS. The largest absolute Gasteiger partial charge is 0.430 e. The van der Waals surface area contributed by atoms with Crippen LogP contribution >= 0.6 is 11.3 Å². The second-order valence-electron chi connectivity index (χ2n) is 3.41. The van der Waals surface area contributed by atoms with E-state index in [1.807, 2.05) is 38.2 Å². The quantitative estimate of drug-likeness (QED) is 0.883. The summed E-state index contributed by atoms with van der Waals surface area (Å²) in [5.41, 5.74) is 1.16. The van der Waals surface area contributed by atoms with E-state index in [1.54, 1.807) is 0 Å². The van der Waals surface area contributed by atoms with Crippen LogP contribution < -0.4 is 10.1 Å². The number of rotatable bonds is 4. The molecule has 4 nitrogen and oxygen atoms in total. The van der Waals surface area contributed by atoms with Crippen LogP contribution in [0.15, 0.2) is 24.3 Å². The molecule has 0 amide bonds. The highest BCUT2D eigenvalue weighted by molar-refractivity contribution is 7.13. The van der Waals surface area contributed by atoms with Gasteiger partial charge in [0.2, 0.25) is 0 Å². The summed E-state index contributed by atoms with van der Waals surface area (Å²) in [7, 11) is 1.88. The minimum atomic E-state index is 0.579. The Labute approximate surface area is 98.3 Å². The lowest BCUT2D eigenvalue weighted by atomic mass is 10.2. The van der Waals surface area contributed by atoms with Crippen molar-refractivity contribution in [1.29, 1.82) is 0 Å². The zero-order valence-electron chi connectivity index (χ0n) is 9.23. The first-order valence-corrected chi connectivity index (χ1v) is 5.81. The predicted octanol–water partition coefficient (Wildman–Crippen LogP) is 2.36. The molecule has 5 heteroatoms. The summed E-state index contributed by atoms with van der Waals surface area (Å²) in [6.45, 7) is 2.74. The topological polar surface area (TPSA) is 47.0 Å². The molecule has 0 saturated carbocycles. The minimum Gasteiger partial charge on any atom is -0.430 e. The van der Waals surface area contributed by atoms with E-state index in [-0.39, 0.29) is 0 Å². The summed E-state index contributed by atoms with van der Waals surface area (Å²) in [5, 5.41) is 12.5. The SMILES string of the molecule is CNCc1nnc(Oc2cccc(C)c2)s1. The third-order valence-corrected chi connectivity index (χ3v) is 2.77. The van der Waals surface area contributed by atoms with Gasteiger partial charge >= 0.3 is 0 Å². The molecule has 0 aliphatic carbocycles. The van der Waals surface area contributed by atoms with E-state index in [0.29, 0.717) is 5.19 Å². The summed E-state index contributed by atoms with van der Waals surface area (Å²) in [4.78, 5) is 0. The van der Waals surface area contributed by atoms with Gasteiger partial charge in [0.25, 0.3) is 5.19 Å². The molecule has 2 rings (SSSR count). The van der Waals surface area contributed by atoms with E-state index < -0.39 is 0 Å². The molecule has 0 spiro atoms. The normalized spacial score (nSPS) is 10.4. The fraction of sp³-hybridized carbons (Fsp3) is 0.273. The van der Waals surface area contributed by atoms with E-state index in [9.17, 15) is 0 Å². The molecule has 0 unspecified atom stereocenters. The van der Waals surface area contributed by atoms with Crippen LogP contribution in [0.5, 0.6) is 10.9 Å². The fourth-order valence-corrected chi connectivity index (χ4v) is 2.00. The van der Waals surface area contributed by atoms with E-state index in [2.05, 4.69) is 15.5 Å². The van der Waals surface area contributed by atoms with Crippen molar-refractivity contribution >= 4 is 11.3 Å². The molecule has 0 radical (unpaired) electrons. The molecule has 2 aromatic rings. The summed E-state index contributed by atoms with van der Waals surface area (Å²) in [6.07, 6.45) is 0. The van der Waals surface area contributed by atoms with Gasteiger partial charge in [0.15, 0.2) is 0 Å². The highest BCUT2D eigenvalue weighted by Crippen LogP contribution is 2.25. The van der Waals surface area contributed by atoms with Gasteiger partial charge in [0.05, 0.1) is 0 Å². The first-order valence-electron chi connectivity index (χ1n) is 4.99. The maximum atomic E-state index is 5.60. The Bertz CT molecular complexity index is 470. The lowest BCUT2D eigenvalue weighted by molar-refractivity contribution is 0.472. The average Bonchev–Trinajstić information content (AvgIpc) is 2.66. The summed E-state index contributed by atoms with van der Waals surface area (Å²) in [5.74, 6) is 0.798. The Kier molecular flexibility index (Phi) is 3.48. The number of hydrogen-bond acceptors (Lipinski definition) is 5. The smallest absolute Gasteiger partial charge is 0.299 e. The Morgan fingerprint density at radius 3 is 3.00 bits per heavy atom. The Balaban J connectivity index is 2.08. The molecule has 0 aliphatic rings. The Hall–Kier alpha value is -1.46. The highest BCUT2D eigenvalue weighted by Gasteiger charge is 2.05. The third-order valence-electron chi connectivity index (χ3n) is 1.97. The fourth-order valence-electron chi connectivity index (χ4n) is 1.28. The zero-order valence-corrected chi connectivity index (χ0v) is 10.0. The number of aromatic nitrogens is 2. The zero-order chi connectivity index (χ0) is 11.4. The molecule has 0 aliphatic heterocycles. The van der Waals surface area contributed by atoms with Gasteiger partial charge in [0.1, 0.15) is 10.8 Å². The van der Waals surface area contributed by atoms with Gasteiger partial charge in [0, 0.05) is 6.54 Å². The number of aryl methyl sites for hydroxylation is 1. The van der Waals surface area contributed by atoms with Crippen molar-refractivity contribution in [1.82, 2.24) is 15.5 Å². The number of hydrogen-bond donors (Lipinski definition) is 1. The molecule has 1 aromatic carbocycles. The number of nitrogens with one attached hydrogen (secondary N) is 1. The van der Waals surface area contributed by atoms with Crippen molar-refractivity contribution in [3.63, 3.8) is 0 Å². The Morgan fingerprint density at radius 1 is 1.38 bits per heavy atom. The molecule has 1 aromatic heterocycles. The van der Waals surface area contributed by atoms with Crippen molar-refractivity contribution < 1.29 is 4.74 Å². The predicted molar refractivity (Wildman–Crippen MR) is 63.9 cm³/mol. The monoisotopic (exact) mass is 235 g/mol. The number of ether oxygens (including phenoxy) is 1. The highest BCUT2D eigenvalue weighted by atomic mass is 32.1. The molecule has 0 fully saturated rings. The molecule has 0 atom stereocenters. The van der Waals surface area contributed by atoms with E-state index in [4.69, 9.17) is 4.74 Å². The van der Waals surface area contributed by atoms with Crippen LogP contribution in [0.25, 0.3) is 0 Å². The summed E-state index contributed by atoms with van der Waals surface area (Å²) >= 11 is 1.45. The van der Waals surface area contributed by atoms with Gasteiger partial charge in [-0.2, -0.15) is 0 Å². The molecule has 1 N–H and O–H groups in total. The molecule has 84 valence electrons. The van der Waals surface area contributed by atoms with Crippen LogP contribution in [0, 0.1) is 6.92 Å². The summed E-state index contributed by atoms with van der Waals surface area (Å²) < 4.78 is 5.60. The van der Waals surface area contributed by atoms with E-state index in [0.717, 1.165) is 22.9 Å². The Morgan fingerprint density at radius 2 is 2.25 bits per heavy atom. The van der Waals surface area contributed by atoms with Gasteiger partial charge < -0.3 is 10.1 Å². The van der Waals surface area contributed by atoms with Crippen LogP contribution in [-0.4, -0.2) is 17.2 Å². The van der Waals surface area contributed by atoms with Crippen LogP contribution in [0.2, 0.25) is 0 Å². The van der Waals surface area contributed by atoms with Crippen LogP contribution in [0.4, 0.5) is 0 Å². The van der Waals surface area contributed by atoms with Crippen molar-refractivity contribution in [2.45, 2.75) is 13.5 Å². The van der Waals surface area contributed by atoms with Gasteiger partial charge in [-0.3, -0.25) is 0 Å². The van der Waals surface area contributed by atoms with E-state index >= 15 is 0 Å². The minimum absolute atomic E-state index is 0.579. The lowest BCUT2D eigenvalue weighted by Crippen LogP contribution is -2.04. The van der Waals surface area contributed by atoms with Gasteiger partial charge in [-0.05, 0) is 31.7 Å². The molecule has 16 heavy (non-hydrogen) atoms. The standard InChI is InChI=1S/C11H13N3OS/c1-8-4-3-5-9(6-8)15-11-14-13-10(16-11)7-12-2/h3-6,12H,7H2,1-2H3. The number of benzene rings is 1. The maximum Gasteiger partial charge on any atom is 0.299 e. The van der Waals surface area contributed by atoms with E-state index in [1.165, 1.54) is 11.3 Å². The molecule has 0 saturated heterocycles. The third kappa shape index (κ3) is 2.77. The average molecular weight is 235 g/mol. The molecular weight excluding hydrogens is 222 g/mol. The van der Waals surface area contributed by atoms with Crippen LogP contribution in [0.1, 0.15) is 10.6 Å². The summed E-state index contributed by atoms with van der Waals surface area (Å²) in [6, 6.07) is 7.87. The van der Waals surface area contributed by atoms with Crippen molar-refractivity contribution in [3.05, 3.63) is 34.8 Å². The van der Waals surface area contributed by atoms with Gasteiger partial charge in [-0.25, -0.2) is 0 Å². The molecule has 0 bridgehead atoms. The second kappa shape index (κ2) is 5.05. The van der Waals surface area contributed by atoms with Crippen molar-refractivity contribution in [2.24, 2.45) is 0 Å². The van der Waals surface area contributed by atoms with Crippen LogP contribution in [-0.2, 0) is 6.54 Å². The molecule has 1 heterocycles.